The quantitative estimate of drug-likeness (QED) is 0.106. The molecule has 0 radical (unpaired) electrons. The fourth-order valence-electron chi connectivity index (χ4n) is 10.3. The average Bonchev–Trinajstić information content (AvgIpc) is 3.95. The van der Waals surface area contributed by atoms with Gasteiger partial charge < -0.3 is 40.3 Å². The maximum atomic E-state index is 14.1. The molecule has 2 saturated heterocycles. The molecule has 7 rings (SSSR count). The van der Waals surface area contributed by atoms with Crippen molar-refractivity contribution in [3.05, 3.63) is 88.3 Å². The molecule has 17 nitrogen and oxygen atoms in total. The van der Waals surface area contributed by atoms with Crippen LogP contribution in [-0.4, -0.2) is 136 Å². The lowest BCUT2D eigenvalue weighted by Crippen LogP contribution is -2.74. The topological polar surface area (TPSA) is 215 Å². The lowest BCUT2D eigenvalue weighted by molar-refractivity contribution is -0.165. The molecule has 5 heterocycles. The number of aliphatic hydroxyl groups excluding tert-OH is 1. The number of nitrogens with zero attached hydrogens (tertiary/aromatic N) is 7. The molecule has 2 aliphatic heterocycles. The van der Waals surface area contributed by atoms with E-state index in [-0.39, 0.29) is 49.6 Å². The zero-order valence-corrected chi connectivity index (χ0v) is 42.9. The molecule has 18 heteroatoms. The van der Waals surface area contributed by atoms with Crippen LogP contribution in [0.4, 0.5) is 5.82 Å². The maximum Gasteiger partial charge on any atom is 0.253 e. The number of hydrogen-bond donors (Lipinski definition) is 4. The molecule has 0 unspecified atom stereocenters. The minimum absolute atomic E-state index is 0.0178. The number of β-amino-alcohol motifs (C(OH)–C–C–N with tert-alkyl or cyclic N) is 1. The molecule has 374 valence electrons. The summed E-state index contributed by atoms with van der Waals surface area (Å²) in [5.41, 5.74) is 4.81. The third-order valence-corrected chi connectivity index (χ3v) is 15.1. The maximum absolute atomic E-state index is 14.1. The second-order valence-corrected chi connectivity index (χ2v) is 22.0. The number of anilines is 1. The van der Waals surface area contributed by atoms with Gasteiger partial charge in [-0.3, -0.25) is 24.1 Å². The summed E-state index contributed by atoms with van der Waals surface area (Å²) in [4.78, 5) is 74.9. The number of thiazole rings is 1. The van der Waals surface area contributed by atoms with E-state index in [2.05, 4.69) is 74.5 Å². The van der Waals surface area contributed by atoms with E-state index in [1.807, 2.05) is 70.5 Å². The zero-order chi connectivity index (χ0) is 50.7. The molecule has 4 atom stereocenters. The van der Waals surface area contributed by atoms with Crippen molar-refractivity contribution >= 4 is 40.8 Å². The van der Waals surface area contributed by atoms with Gasteiger partial charge in [-0.15, -0.1) is 11.3 Å². The van der Waals surface area contributed by atoms with Gasteiger partial charge in [0.05, 0.1) is 51.7 Å². The molecular weight excluding hydrogens is 909 g/mol. The summed E-state index contributed by atoms with van der Waals surface area (Å²) < 4.78 is 12.1. The predicted molar refractivity (Wildman–Crippen MR) is 267 cm³/mol. The van der Waals surface area contributed by atoms with Gasteiger partial charge in [-0.25, -0.2) is 15.0 Å². The molecule has 3 aliphatic rings. The van der Waals surface area contributed by atoms with Crippen LogP contribution in [0, 0.1) is 41.4 Å². The van der Waals surface area contributed by atoms with E-state index >= 15 is 0 Å². The molecule has 0 bridgehead atoms. The van der Waals surface area contributed by atoms with Crippen molar-refractivity contribution in [1.29, 1.82) is 5.26 Å². The van der Waals surface area contributed by atoms with Crippen molar-refractivity contribution in [3.8, 4) is 22.4 Å². The monoisotopic (exact) mass is 976 g/mol. The van der Waals surface area contributed by atoms with Gasteiger partial charge in [-0.05, 0) is 55.5 Å². The first-order valence-corrected chi connectivity index (χ1v) is 24.9. The Morgan fingerprint density at radius 2 is 1.64 bits per heavy atom. The van der Waals surface area contributed by atoms with Gasteiger partial charge in [0.15, 0.2) is 0 Å². The van der Waals surface area contributed by atoms with Gasteiger partial charge in [0.1, 0.15) is 36.7 Å². The van der Waals surface area contributed by atoms with Crippen molar-refractivity contribution < 1.29 is 33.8 Å². The molecule has 1 aliphatic carbocycles. The first-order valence-electron chi connectivity index (χ1n) is 24.0. The Hall–Kier alpha value is -6.00. The first-order chi connectivity index (χ1) is 33.1. The van der Waals surface area contributed by atoms with Crippen molar-refractivity contribution in [2.75, 3.05) is 57.4 Å². The summed E-state index contributed by atoms with van der Waals surface area (Å²) in [6.45, 7) is 23.1. The number of aromatic nitrogens is 3. The number of aliphatic hydroxyl groups is 1. The third-order valence-electron chi connectivity index (χ3n) is 14.1. The zero-order valence-electron chi connectivity index (χ0n) is 42.0. The third kappa shape index (κ3) is 11.4. The highest BCUT2D eigenvalue weighted by atomic mass is 32.1. The van der Waals surface area contributed by atoms with Gasteiger partial charge in [0, 0.05) is 74.8 Å². The Morgan fingerprint density at radius 1 is 0.943 bits per heavy atom. The number of aryl methyl sites for hydroxylation is 2. The molecule has 3 aromatic heterocycles. The number of likely N-dealkylation sites (tertiary alicyclic amines) is 1. The molecule has 1 aromatic carbocycles. The Kier molecular flexibility index (Phi) is 15.7. The van der Waals surface area contributed by atoms with E-state index in [0.717, 1.165) is 53.7 Å². The lowest BCUT2D eigenvalue weighted by atomic mass is 9.49. The van der Waals surface area contributed by atoms with Gasteiger partial charge in [-0.1, -0.05) is 72.7 Å². The number of piperazine rings is 1. The smallest absolute Gasteiger partial charge is 0.253 e. The first kappa shape index (κ1) is 51.8. The number of amides is 4. The van der Waals surface area contributed by atoms with Crippen LogP contribution in [-0.2, 0) is 19.1 Å². The number of nitrogens with one attached hydrogen (secondary N) is 3. The summed E-state index contributed by atoms with van der Waals surface area (Å²) in [6.07, 6.45) is 0.602. The van der Waals surface area contributed by atoms with E-state index in [1.54, 1.807) is 42.7 Å². The van der Waals surface area contributed by atoms with Crippen LogP contribution in [0.2, 0.25) is 0 Å². The highest BCUT2D eigenvalue weighted by Crippen LogP contribution is 2.55. The van der Waals surface area contributed by atoms with Crippen LogP contribution in [0.1, 0.15) is 101 Å². The number of carbonyl (C=O) groups excluding carboxylic acids is 4. The van der Waals surface area contributed by atoms with E-state index in [1.165, 1.54) is 4.90 Å². The Morgan fingerprint density at radius 3 is 2.24 bits per heavy atom. The number of benzene rings is 1. The summed E-state index contributed by atoms with van der Waals surface area (Å²) in [5, 5.41) is 29.1. The van der Waals surface area contributed by atoms with Crippen molar-refractivity contribution in [3.63, 3.8) is 0 Å². The number of rotatable bonds is 16. The summed E-state index contributed by atoms with van der Waals surface area (Å²) in [5.74, 6) is -0.220. The molecule has 4 N–H and O–H groups in total. The lowest BCUT2D eigenvalue weighted by Gasteiger charge is -2.62. The molecule has 1 saturated carbocycles. The molecular formula is C52H68N10O7S. The molecule has 3 fully saturated rings. The highest BCUT2D eigenvalue weighted by Gasteiger charge is 2.64. The van der Waals surface area contributed by atoms with Crippen LogP contribution < -0.4 is 25.6 Å². The number of carbonyl (C=O) groups is 4. The summed E-state index contributed by atoms with van der Waals surface area (Å²) in [6, 6.07) is 14.8. The molecule has 4 amide bonds. The largest absolute Gasteiger partial charge is 0.473 e. The van der Waals surface area contributed by atoms with Crippen molar-refractivity contribution in [1.82, 2.24) is 40.7 Å². The van der Waals surface area contributed by atoms with E-state index in [4.69, 9.17) is 9.47 Å². The second-order valence-electron chi connectivity index (χ2n) is 21.1. The summed E-state index contributed by atoms with van der Waals surface area (Å²) >= 11 is 1.57. The van der Waals surface area contributed by atoms with Crippen LogP contribution in [0.5, 0.6) is 5.88 Å². The van der Waals surface area contributed by atoms with Gasteiger partial charge in [0.2, 0.25) is 23.6 Å². The number of ether oxygens (including phenoxy) is 2. The molecule has 4 aromatic rings. The van der Waals surface area contributed by atoms with Gasteiger partial charge in [-0.2, -0.15) is 5.26 Å². The van der Waals surface area contributed by atoms with Crippen LogP contribution in [0.25, 0.3) is 10.4 Å². The van der Waals surface area contributed by atoms with E-state index in [0.29, 0.717) is 35.9 Å². The standard InChI is InChI=1S/C52H68N10O7S/c1-31(34-11-13-35(14-12-34)43-33(3)55-30-70-43)57-46(66)39-25-38(63)28-62(39)47(67)44(50(4,5)6)58-41(64)29-68-24-23-60-19-21-61(22-20-60)40-17-15-37(27-54-40)45(65)59-48-51(7,8)49(52(48,9)10)69-42-18-16-36(26-53)32(2)56-42/h11-18,27,30-31,38-39,44,48-49,63H,19-25,28-29H2,1-10H3,(H,57,66)(H,58,64)(H,59,65)/t31-,38+,39-,44+,48?,49?/m0/s1. The Labute approximate surface area is 415 Å². The van der Waals surface area contributed by atoms with Gasteiger partial charge >= 0.3 is 0 Å². The SMILES string of the molecule is Cc1nc(OC2C(C)(C)C(NC(=O)c3ccc(N4CCN(CCOCC(=O)N[C@H](C(=O)N5C[C@H](O)C[C@H]5C(=O)N[C@@H](C)c5ccc(-c6scnc6C)cc5)C(C)(C)C)CC4)nc3)C2(C)C)ccc1C#N. The minimum Gasteiger partial charge on any atom is -0.473 e. The van der Waals surface area contributed by atoms with Crippen molar-refractivity contribution in [2.45, 2.75) is 112 Å². The fourth-order valence-corrected chi connectivity index (χ4v) is 11.2. The molecule has 0 spiro atoms. The summed E-state index contributed by atoms with van der Waals surface area (Å²) in [7, 11) is 0. The van der Waals surface area contributed by atoms with E-state index < -0.39 is 46.2 Å². The number of nitriles is 1. The van der Waals surface area contributed by atoms with E-state index in [9.17, 15) is 29.5 Å². The highest BCUT2D eigenvalue weighted by molar-refractivity contribution is 7.13. The normalized spacial score (nSPS) is 21.7. The Bertz CT molecular complexity index is 2550. The Balaban J connectivity index is 0.831. The van der Waals surface area contributed by atoms with Crippen LogP contribution in [0.3, 0.4) is 0 Å². The molecule has 70 heavy (non-hydrogen) atoms. The second kappa shape index (κ2) is 21.2. The van der Waals surface area contributed by atoms with Crippen molar-refractivity contribution in [2.24, 2.45) is 16.2 Å². The van der Waals surface area contributed by atoms with Crippen LogP contribution in [0.15, 0.2) is 60.2 Å². The number of pyridine rings is 2. The minimum atomic E-state index is -0.964. The number of hydrogen-bond acceptors (Lipinski definition) is 14. The van der Waals surface area contributed by atoms with Gasteiger partial charge in [0.25, 0.3) is 5.91 Å². The fraction of sp³-hybridized carbons (Fsp3) is 0.538. The predicted octanol–water partition coefficient (Wildman–Crippen LogP) is 5.21. The average molecular weight is 977 g/mol. The van der Waals surface area contributed by atoms with Crippen LogP contribution >= 0.6 is 11.3 Å².